The Balaban J connectivity index is 1.60. The molecule has 29 heavy (non-hydrogen) atoms. The van der Waals surface area contributed by atoms with E-state index >= 15 is 0 Å². The first-order chi connectivity index (χ1) is 13.9. The molecular weight excluding hydrogens is 434 g/mol. The highest BCUT2D eigenvalue weighted by Crippen LogP contribution is 2.21. The molecule has 0 atom stereocenters. The van der Waals surface area contributed by atoms with Crippen LogP contribution < -0.4 is 10.9 Å². The highest BCUT2D eigenvalue weighted by atomic mass is 79.9. The Labute approximate surface area is 175 Å². The van der Waals surface area contributed by atoms with Crippen molar-refractivity contribution in [3.63, 3.8) is 0 Å². The van der Waals surface area contributed by atoms with Crippen LogP contribution in [-0.2, 0) is 11.3 Å². The molecule has 0 aliphatic rings. The van der Waals surface area contributed by atoms with Gasteiger partial charge in [-0.05, 0) is 49.2 Å². The van der Waals surface area contributed by atoms with Crippen molar-refractivity contribution in [3.05, 3.63) is 80.8 Å². The maximum atomic E-state index is 12.8. The molecule has 0 aliphatic carbocycles. The van der Waals surface area contributed by atoms with Gasteiger partial charge in [0.05, 0.1) is 5.69 Å². The number of nitrogens with one attached hydrogen (secondary N) is 1. The molecule has 1 amide bonds. The average molecular weight is 452 g/mol. The van der Waals surface area contributed by atoms with Crippen molar-refractivity contribution in [1.29, 1.82) is 0 Å². The van der Waals surface area contributed by atoms with Crippen LogP contribution in [-0.4, -0.2) is 25.3 Å². The lowest BCUT2D eigenvalue weighted by molar-refractivity contribution is -0.117. The van der Waals surface area contributed by atoms with Crippen LogP contribution in [0.25, 0.3) is 16.8 Å². The molecule has 0 spiro atoms. The first kappa shape index (κ1) is 19.1. The van der Waals surface area contributed by atoms with Crippen molar-refractivity contribution >= 4 is 33.0 Å². The fourth-order valence-electron chi connectivity index (χ4n) is 3.01. The molecule has 8 heteroatoms. The van der Waals surface area contributed by atoms with E-state index in [4.69, 9.17) is 0 Å². The topological polar surface area (TPSA) is 81.3 Å². The maximum Gasteiger partial charge on any atom is 0.293 e. The Bertz CT molecular complexity index is 1270. The number of rotatable bonds is 4. The summed E-state index contributed by atoms with van der Waals surface area (Å²) < 4.78 is 3.53. The minimum absolute atomic E-state index is 0.179. The lowest BCUT2D eigenvalue weighted by atomic mass is 10.1. The molecule has 4 aromatic rings. The van der Waals surface area contributed by atoms with Crippen molar-refractivity contribution in [2.24, 2.45) is 0 Å². The van der Waals surface area contributed by atoms with Crippen LogP contribution in [0.3, 0.4) is 0 Å². The monoisotopic (exact) mass is 451 g/mol. The van der Waals surface area contributed by atoms with Gasteiger partial charge in [0.25, 0.3) is 5.56 Å². The van der Waals surface area contributed by atoms with E-state index in [1.807, 2.05) is 56.3 Å². The molecule has 2 aromatic heterocycles. The summed E-state index contributed by atoms with van der Waals surface area (Å²) in [6.45, 7) is 3.70. The molecular formula is C21H18BrN5O2. The van der Waals surface area contributed by atoms with Crippen LogP contribution in [0.5, 0.6) is 0 Å². The predicted molar refractivity (Wildman–Crippen MR) is 115 cm³/mol. The van der Waals surface area contributed by atoms with Crippen LogP contribution in [0.4, 0.5) is 5.69 Å². The summed E-state index contributed by atoms with van der Waals surface area (Å²) >= 11 is 3.40. The fraction of sp³-hybridized carbons (Fsp3) is 0.143. The Kier molecular flexibility index (Phi) is 5.02. The second-order valence-electron chi connectivity index (χ2n) is 6.83. The number of carbonyl (C=O) groups is 1. The van der Waals surface area contributed by atoms with E-state index in [9.17, 15) is 9.59 Å². The molecule has 0 unspecified atom stereocenters. The molecule has 1 N–H and O–H groups in total. The third-order valence-corrected chi connectivity index (χ3v) is 5.12. The zero-order valence-electron chi connectivity index (χ0n) is 15.9. The summed E-state index contributed by atoms with van der Waals surface area (Å²) in [5.41, 5.74) is 4.25. The van der Waals surface area contributed by atoms with Gasteiger partial charge < -0.3 is 5.32 Å². The van der Waals surface area contributed by atoms with Crippen LogP contribution in [0.2, 0.25) is 0 Å². The molecule has 2 heterocycles. The summed E-state index contributed by atoms with van der Waals surface area (Å²) in [5.74, 6) is -0.315. The first-order valence-corrected chi connectivity index (χ1v) is 9.78. The maximum absolute atomic E-state index is 12.8. The lowest BCUT2D eigenvalue weighted by Gasteiger charge is -2.10. The zero-order valence-corrected chi connectivity index (χ0v) is 17.5. The molecule has 146 valence electrons. The fourth-order valence-corrected chi connectivity index (χ4v) is 3.27. The summed E-state index contributed by atoms with van der Waals surface area (Å²) in [7, 11) is 0. The van der Waals surface area contributed by atoms with E-state index in [0.717, 1.165) is 31.5 Å². The number of halogens is 1. The zero-order chi connectivity index (χ0) is 20.5. The van der Waals surface area contributed by atoms with Crippen molar-refractivity contribution < 1.29 is 4.79 Å². The van der Waals surface area contributed by atoms with Gasteiger partial charge in [-0.3, -0.25) is 9.59 Å². The van der Waals surface area contributed by atoms with Gasteiger partial charge >= 0.3 is 0 Å². The third kappa shape index (κ3) is 3.97. The van der Waals surface area contributed by atoms with Gasteiger partial charge in [-0.15, -0.1) is 0 Å². The minimum Gasteiger partial charge on any atom is -0.324 e. The minimum atomic E-state index is -0.375. The van der Waals surface area contributed by atoms with Gasteiger partial charge in [0, 0.05) is 15.7 Å². The van der Waals surface area contributed by atoms with E-state index in [2.05, 4.69) is 31.4 Å². The molecule has 0 radical (unpaired) electrons. The number of aromatic nitrogens is 4. The van der Waals surface area contributed by atoms with Crippen molar-refractivity contribution in [3.8, 4) is 11.3 Å². The molecule has 0 bridgehead atoms. The second kappa shape index (κ2) is 7.63. The van der Waals surface area contributed by atoms with E-state index in [-0.39, 0.29) is 18.0 Å². The summed E-state index contributed by atoms with van der Waals surface area (Å²) in [5, 5.41) is 11.3. The van der Waals surface area contributed by atoms with Gasteiger partial charge in [0.1, 0.15) is 18.4 Å². The normalized spacial score (nSPS) is 11.0. The standard InChI is InChI=1S/C21H18BrN5O2/c1-13-3-4-14(2)17(9-13)24-20(28)11-26-21(29)19-10-18(25-27(19)12-23-26)15-5-7-16(22)8-6-15/h3-10,12H,11H2,1-2H3,(H,24,28). The molecule has 7 nitrogen and oxygen atoms in total. The number of carbonyl (C=O) groups excluding carboxylic acids is 1. The van der Waals surface area contributed by atoms with Crippen LogP contribution >= 0.6 is 15.9 Å². The van der Waals surface area contributed by atoms with Crippen LogP contribution in [0.15, 0.2) is 64.1 Å². The number of benzene rings is 2. The van der Waals surface area contributed by atoms with Crippen molar-refractivity contribution in [1.82, 2.24) is 19.4 Å². The van der Waals surface area contributed by atoms with Crippen molar-refractivity contribution in [2.75, 3.05) is 5.32 Å². The average Bonchev–Trinajstić information content (AvgIpc) is 3.13. The quantitative estimate of drug-likeness (QED) is 0.514. The number of aryl methyl sites for hydroxylation is 2. The largest absolute Gasteiger partial charge is 0.324 e. The first-order valence-electron chi connectivity index (χ1n) is 8.99. The summed E-state index contributed by atoms with van der Waals surface area (Å²) in [6, 6.07) is 15.2. The smallest absolute Gasteiger partial charge is 0.293 e. The number of amides is 1. The summed E-state index contributed by atoms with van der Waals surface area (Å²) in [6.07, 6.45) is 1.43. The Hall–Kier alpha value is -3.26. The number of hydrogen-bond acceptors (Lipinski definition) is 4. The highest BCUT2D eigenvalue weighted by Gasteiger charge is 2.13. The van der Waals surface area contributed by atoms with Gasteiger partial charge in [0.15, 0.2) is 0 Å². The van der Waals surface area contributed by atoms with Gasteiger partial charge in [-0.1, -0.05) is 40.2 Å². The van der Waals surface area contributed by atoms with Gasteiger partial charge in [-0.25, -0.2) is 9.20 Å². The SMILES string of the molecule is Cc1ccc(C)c(NC(=O)Cn2ncn3nc(-c4ccc(Br)cc4)cc3c2=O)c1. The third-order valence-electron chi connectivity index (χ3n) is 4.59. The Morgan fingerprint density at radius 1 is 1.10 bits per heavy atom. The van der Waals surface area contributed by atoms with E-state index in [1.165, 1.54) is 10.8 Å². The van der Waals surface area contributed by atoms with Crippen LogP contribution in [0.1, 0.15) is 11.1 Å². The lowest BCUT2D eigenvalue weighted by Crippen LogP contribution is -2.30. The van der Waals surface area contributed by atoms with Crippen LogP contribution in [0, 0.1) is 13.8 Å². The number of hydrogen-bond donors (Lipinski definition) is 1. The molecule has 0 aliphatic heterocycles. The highest BCUT2D eigenvalue weighted by molar-refractivity contribution is 9.10. The van der Waals surface area contributed by atoms with E-state index in [1.54, 1.807) is 6.07 Å². The molecule has 0 fully saturated rings. The second-order valence-corrected chi connectivity index (χ2v) is 7.74. The molecule has 2 aromatic carbocycles. The Morgan fingerprint density at radius 3 is 2.62 bits per heavy atom. The molecule has 4 rings (SSSR count). The summed E-state index contributed by atoms with van der Waals surface area (Å²) in [4.78, 5) is 25.2. The molecule has 0 saturated heterocycles. The number of anilines is 1. The molecule has 0 saturated carbocycles. The number of nitrogens with zero attached hydrogens (tertiary/aromatic N) is 4. The van der Waals surface area contributed by atoms with E-state index in [0.29, 0.717) is 11.2 Å². The van der Waals surface area contributed by atoms with Gasteiger partial charge in [-0.2, -0.15) is 10.2 Å². The Morgan fingerprint density at radius 2 is 1.86 bits per heavy atom. The van der Waals surface area contributed by atoms with Gasteiger partial charge in [0.2, 0.25) is 5.91 Å². The van der Waals surface area contributed by atoms with E-state index < -0.39 is 0 Å². The predicted octanol–water partition coefficient (Wildman–Crippen LogP) is 3.58. The number of fused-ring (bicyclic) bond motifs is 1. The van der Waals surface area contributed by atoms with Crippen molar-refractivity contribution in [2.45, 2.75) is 20.4 Å².